The van der Waals surface area contributed by atoms with Crippen LogP contribution in [0.15, 0.2) is 42.5 Å². The molecular weight excluding hydrogens is 258 g/mol. The van der Waals surface area contributed by atoms with Crippen LogP contribution >= 0.6 is 0 Å². The van der Waals surface area contributed by atoms with Gasteiger partial charge in [-0.3, -0.25) is 4.90 Å². The minimum absolute atomic E-state index is 0.429. The normalized spacial score (nSPS) is 20.9. The van der Waals surface area contributed by atoms with E-state index in [1.54, 1.807) is 7.11 Å². The highest BCUT2D eigenvalue weighted by Crippen LogP contribution is 2.39. The summed E-state index contributed by atoms with van der Waals surface area (Å²) in [5.74, 6) is 0.976. The van der Waals surface area contributed by atoms with Crippen LogP contribution in [-0.2, 0) is 12.8 Å². The van der Waals surface area contributed by atoms with E-state index < -0.39 is 0 Å². The SMILES string of the molecule is COc1ccc2c(c1)CCN1CCCc3ccccc3C21. The fraction of sp³-hybridized carbons (Fsp3) is 0.368. The van der Waals surface area contributed by atoms with Gasteiger partial charge in [0.2, 0.25) is 0 Å². The fourth-order valence-electron chi connectivity index (χ4n) is 3.89. The summed E-state index contributed by atoms with van der Waals surface area (Å²) in [6.07, 6.45) is 3.60. The molecular formula is C19H21NO. The van der Waals surface area contributed by atoms with Crippen LogP contribution in [0.3, 0.4) is 0 Å². The van der Waals surface area contributed by atoms with Gasteiger partial charge in [0, 0.05) is 6.54 Å². The molecule has 0 aromatic heterocycles. The minimum atomic E-state index is 0.429. The van der Waals surface area contributed by atoms with Crippen LogP contribution in [0, 0.1) is 0 Å². The van der Waals surface area contributed by atoms with Gasteiger partial charge < -0.3 is 4.74 Å². The fourth-order valence-corrected chi connectivity index (χ4v) is 3.89. The van der Waals surface area contributed by atoms with Crippen molar-refractivity contribution in [3.05, 3.63) is 64.7 Å². The zero-order valence-electron chi connectivity index (χ0n) is 12.5. The lowest BCUT2D eigenvalue weighted by atomic mass is 9.86. The van der Waals surface area contributed by atoms with Crippen molar-refractivity contribution in [3.8, 4) is 5.75 Å². The highest BCUT2D eigenvalue weighted by Gasteiger charge is 2.31. The summed E-state index contributed by atoms with van der Waals surface area (Å²) in [7, 11) is 1.75. The van der Waals surface area contributed by atoms with Crippen LogP contribution in [0.4, 0.5) is 0 Å². The van der Waals surface area contributed by atoms with Gasteiger partial charge in [-0.25, -0.2) is 0 Å². The Morgan fingerprint density at radius 3 is 2.71 bits per heavy atom. The van der Waals surface area contributed by atoms with Crippen molar-refractivity contribution in [2.24, 2.45) is 0 Å². The van der Waals surface area contributed by atoms with Gasteiger partial charge >= 0.3 is 0 Å². The second kappa shape index (κ2) is 5.19. The number of benzene rings is 2. The van der Waals surface area contributed by atoms with Crippen LogP contribution < -0.4 is 4.74 Å². The standard InChI is InChI=1S/C19H21NO/c1-21-16-8-9-18-15(13-16)10-12-20-11-4-6-14-5-2-3-7-17(14)19(18)20/h2-3,5,7-9,13,19H,4,6,10-12H2,1H3. The van der Waals surface area contributed by atoms with Crippen molar-refractivity contribution >= 4 is 0 Å². The molecule has 2 aliphatic rings. The third kappa shape index (κ3) is 2.14. The highest BCUT2D eigenvalue weighted by atomic mass is 16.5. The summed E-state index contributed by atoms with van der Waals surface area (Å²) in [6, 6.07) is 16.0. The predicted octanol–water partition coefficient (Wildman–Crippen LogP) is 3.59. The monoisotopic (exact) mass is 279 g/mol. The van der Waals surface area contributed by atoms with Crippen molar-refractivity contribution in [1.29, 1.82) is 0 Å². The van der Waals surface area contributed by atoms with E-state index in [-0.39, 0.29) is 0 Å². The molecule has 0 amide bonds. The first-order chi connectivity index (χ1) is 10.4. The van der Waals surface area contributed by atoms with E-state index in [1.807, 2.05) is 0 Å². The molecule has 0 spiro atoms. The Morgan fingerprint density at radius 1 is 0.952 bits per heavy atom. The average molecular weight is 279 g/mol. The van der Waals surface area contributed by atoms with Crippen LogP contribution in [0.1, 0.15) is 34.7 Å². The van der Waals surface area contributed by atoms with E-state index in [0.29, 0.717) is 6.04 Å². The molecule has 2 aromatic rings. The Bertz CT molecular complexity index is 664. The summed E-state index contributed by atoms with van der Waals surface area (Å²) >= 11 is 0. The van der Waals surface area contributed by atoms with Gasteiger partial charge in [0.1, 0.15) is 5.75 Å². The molecule has 2 heteroatoms. The summed E-state index contributed by atoms with van der Waals surface area (Å²) in [5, 5.41) is 0. The number of ether oxygens (including phenoxy) is 1. The van der Waals surface area contributed by atoms with Gasteiger partial charge in [0.05, 0.1) is 13.2 Å². The first-order valence-electron chi connectivity index (χ1n) is 7.85. The predicted molar refractivity (Wildman–Crippen MR) is 84.9 cm³/mol. The van der Waals surface area contributed by atoms with Crippen molar-refractivity contribution in [2.75, 3.05) is 20.2 Å². The molecule has 0 N–H and O–H groups in total. The zero-order chi connectivity index (χ0) is 14.2. The molecule has 1 unspecified atom stereocenters. The van der Waals surface area contributed by atoms with Gasteiger partial charge in [0.25, 0.3) is 0 Å². The molecule has 0 aliphatic carbocycles. The Kier molecular flexibility index (Phi) is 3.19. The molecule has 108 valence electrons. The first kappa shape index (κ1) is 12.9. The van der Waals surface area contributed by atoms with Crippen molar-refractivity contribution in [1.82, 2.24) is 4.90 Å². The Balaban J connectivity index is 1.86. The van der Waals surface area contributed by atoms with E-state index in [2.05, 4.69) is 47.4 Å². The van der Waals surface area contributed by atoms with Crippen molar-refractivity contribution in [3.63, 3.8) is 0 Å². The maximum absolute atomic E-state index is 5.40. The second-order valence-corrected chi connectivity index (χ2v) is 6.06. The van der Waals surface area contributed by atoms with Gasteiger partial charge in [-0.15, -0.1) is 0 Å². The summed E-state index contributed by atoms with van der Waals surface area (Å²) in [6.45, 7) is 2.35. The molecule has 2 aromatic carbocycles. The van der Waals surface area contributed by atoms with Gasteiger partial charge in [0.15, 0.2) is 0 Å². The summed E-state index contributed by atoms with van der Waals surface area (Å²) in [4.78, 5) is 2.65. The quantitative estimate of drug-likeness (QED) is 0.791. The summed E-state index contributed by atoms with van der Waals surface area (Å²) in [5.41, 5.74) is 5.94. The molecule has 0 saturated carbocycles. The van der Waals surface area contributed by atoms with Crippen molar-refractivity contribution < 1.29 is 4.74 Å². The number of nitrogens with zero attached hydrogens (tertiary/aromatic N) is 1. The topological polar surface area (TPSA) is 12.5 Å². The number of hydrogen-bond donors (Lipinski definition) is 0. The number of hydrogen-bond acceptors (Lipinski definition) is 2. The van der Waals surface area contributed by atoms with Gasteiger partial charge in [-0.2, -0.15) is 0 Å². The smallest absolute Gasteiger partial charge is 0.119 e. The average Bonchev–Trinajstić information content (AvgIpc) is 2.73. The third-order valence-electron chi connectivity index (χ3n) is 4.92. The molecule has 2 heterocycles. The summed E-state index contributed by atoms with van der Waals surface area (Å²) < 4.78 is 5.40. The van der Waals surface area contributed by atoms with Crippen LogP contribution in [0.25, 0.3) is 0 Å². The molecule has 21 heavy (non-hydrogen) atoms. The molecule has 2 aliphatic heterocycles. The lowest BCUT2D eigenvalue weighted by molar-refractivity contribution is 0.217. The highest BCUT2D eigenvalue weighted by molar-refractivity contribution is 5.46. The molecule has 0 saturated heterocycles. The first-order valence-corrected chi connectivity index (χ1v) is 7.85. The number of rotatable bonds is 1. The van der Waals surface area contributed by atoms with Gasteiger partial charge in [-0.05, 0) is 60.2 Å². The van der Waals surface area contributed by atoms with E-state index in [0.717, 1.165) is 18.7 Å². The van der Waals surface area contributed by atoms with E-state index in [4.69, 9.17) is 4.74 Å². The molecule has 0 radical (unpaired) electrons. The van der Waals surface area contributed by atoms with E-state index in [9.17, 15) is 0 Å². The zero-order valence-corrected chi connectivity index (χ0v) is 12.5. The van der Waals surface area contributed by atoms with Gasteiger partial charge in [-0.1, -0.05) is 30.3 Å². The maximum Gasteiger partial charge on any atom is 0.119 e. The Morgan fingerprint density at radius 2 is 1.81 bits per heavy atom. The van der Waals surface area contributed by atoms with Crippen molar-refractivity contribution in [2.45, 2.75) is 25.3 Å². The minimum Gasteiger partial charge on any atom is -0.497 e. The molecule has 2 nitrogen and oxygen atoms in total. The number of methoxy groups -OCH3 is 1. The molecule has 4 rings (SSSR count). The molecule has 0 fully saturated rings. The van der Waals surface area contributed by atoms with E-state index in [1.165, 1.54) is 41.6 Å². The van der Waals surface area contributed by atoms with Crippen LogP contribution in [0.2, 0.25) is 0 Å². The molecule has 1 atom stereocenters. The number of aryl methyl sites for hydroxylation is 1. The van der Waals surface area contributed by atoms with Crippen LogP contribution in [0.5, 0.6) is 5.75 Å². The van der Waals surface area contributed by atoms with E-state index >= 15 is 0 Å². The number of fused-ring (bicyclic) bond motifs is 5. The second-order valence-electron chi connectivity index (χ2n) is 6.06. The maximum atomic E-state index is 5.40. The Hall–Kier alpha value is -1.80. The Labute approximate surface area is 126 Å². The largest absolute Gasteiger partial charge is 0.497 e. The van der Waals surface area contributed by atoms with Crippen LogP contribution in [-0.4, -0.2) is 25.1 Å². The lowest BCUT2D eigenvalue weighted by Gasteiger charge is -2.37. The third-order valence-corrected chi connectivity index (χ3v) is 4.92. The molecule has 0 bridgehead atoms. The lowest BCUT2D eigenvalue weighted by Crippen LogP contribution is -2.36.